The van der Waals surface area contributed by atoms with Crippen LogP contribution in [0, 0.1) is 0 Å². The molecule has 1 aromatic heterocycles. The number of rotatable bonds is 3. The Kier molecular flexibility index (Phi) is 2.45. The van der Waals surface area contributed by atoms with Gasteiger partial charge in [-0.2, -0.15) is 0 Å². The largest absolute Gasteiger partial charge is 0.497 e. The third-order valence-electron chi connectivity index (χ3n) is 2.01. The van der Waals surface area contributed by atoms with Crippen LogP contribution in [0.3, 0.4) is 0 Å². The molecular formula is C10H9N3O2. The van der Waals surface area contributed by atoms with E-state index in [-0.39, 0.29) is 5.82 Å². The quantitative estimate of drug-likeness (QED) is 0.700. The smallest absolute Gasteiger partial charge is 0.201 e. The average molecular weight is 203 g/mol. The van der Waals surface area contributed by atoms with Crippen LogP contribution in [0.2, 0.25) is 0 Å². The predicted octanol–water partition coefficient (Wildman–Crippen LogP) is 1.09. The van der Waals surface area contributed by atoms with Crippen molar-refractivity contribution in [3.05, 3.63) is 36.4 Å². The van der Waals surface area contributed by atoms with Gasteiger partial charge in [0.2, 0.25) is 5.82 Å². The Hall–Kier alpha value is -2.17. The van der Waals surface area contributed by atoms with Gasteiger partial charge in [0.15, 0.2) is 6.29 Å². The van der Waals surface area contributed by atoms with Crippen molar-refractivity contribution in [1.29, 1.82) is 0 Å². The number of carbonyl (C=O) groups is 1. The first-order chi connectivity index (χ1) is 7.35. The minimum atomic E-state index is 0.267. The third-order valence-corrected chi connectivity index (χ3v) is 2.01. The molecule has 2 rings (SSSR count). The van der Waals surface area contributed by atoms with Crippen molar-refractivity contribution in [2.75, 3.05) is 7.11 Å². The van der Waals surface area contributed by atoms with E-state index in [0.29, 0.717) is 6.29 Å². The minimum Gasteiger partial charge on any atom is -0.497 e. The molecule has 76 valence electrons. The van der Waals surface area contributed by atoms with Gasteiger partial charge in [-0.15, -0.1) is 10.2 Å². The summed E-state index contributed by atoms with van der Waals surface area (Å²) in [5, 5.41) is 7.34. The van der Waals surface area contributed by atoms with E-state index in [0.717, 1.165) is 11.4 Å². The number of ether oxygens (including phenoxy) is 1. The summed E-state index contributed by atoms with van der Waals surface area (Å²) >= 11 is 0. The molecule has 0 aliphatic rings. The summed E-state index contributed by atoms with van der Waals surface area (Å²) in [4.78, 5) is 10.7. The second kappa shape index (κ2) is 3.91. The molecule has 0 aliphatic heterocycles. The van der Waals surface area contributed by atoms with E-state index in [1.165, 1.54) is 6.33 Å². The van der Waals surface area contributed by atoms with Crippen LogP contribution in [-0.4, -0.2) is 28.2 Å². The molecule has 1 aromatic carbocycles. The van der Waals surface area contributed by atoms with E-state index in [1.807, 2.05) is 18.2 Å². The SMILES string of the molecule is COc1cccc(-n2cnnc2C=O)c1. The molecule has 0 N–H and O–H groups in total. The van der Waals surface area contributed by atoms with Gasteiger partial charge in [-0.3, -0.25) is 9.36 Å². The molecule has 0 fully saturated rings. The molecule has 1 heterocycles. The van der Waals surface area contributed by atoms with Gasteiger partial charge in [0.25, 0.3) is 0 Å². The fourth-order valence-electron chi connectivity index (χ4n) is 1.28. The van der Waals surface area contributed by atoms with E-state index in [4.69, 9.17) is 4.74 Å². The average Bonchev–Trinajstić information content (AvgIpc) is 2.77. The zero-order valence-corrected chi connectivity index (χ0v) is 8.12. The molecule has 15 heavy (non-hydrogen) atoms. The number of carbonyl (C=O) groups excluding carboxylic acids is 1. The summed E-state index contributed by atoms with van der Waals surface area (Å²) in [5.41, 5.74) is 0.793. The maximum Gasteiger partial charge on any atom is 0.201 e. The maximum absolute atomic E-state index is 10.7. The fourth-order valence-corrected chi connectivity index (χ4v) is 1.28. The molecule has 0 spiro atoms. The van der Waals surface area contributed by atoms with Crippen LogP contribution in [0.1, 0.15) is 10.6 Å². The van der Waals surface area contributed by atoms with Crippen molar-refractivity contribution < 1.29 is 9.53 Å². The highest BCUT2D eigenvalue weighted by Gasteiger charge is 2.05. The first-order valence-electron chi connectivity index (χ1n) is 4.35. The molecule has 5 nitrogen and oxygen atoms in total. The Morgan fingerprint density at radius 1 is 1.47 bits per heavy atom. The highest BCUT2D eigenvalue weighted by Crippen LogP contribution is 2.16. The van der Waals surface area contributed by atoms with E-state index >= 15 is 0 Å². The van der Waals surface area contributed by atoms with Gasteiger partial charge in [0.1, 0.15) is 12.1 Å². The molecular weight excluding hydrogens is 194 g/mol. The summed E-state index contributed by atoms with van der Waals surface area (Å²) in [6.07, 6.45) is 2.14. The molecule has 5 heteroatoms. The zero-order valence-electron chi connectivity index (χ0n) is 8.12. The summed E-state index contributed by atoms with van der Waals surface area (Å²) in [5.74, 6) is 0.987. The van der Waals surface area contributed by atoms with Gasteiger partial charge >= 0.3 is 0 Å². The number of aldehydes is 1. The molecule has 0 amide bonds. The van der Waals surface area contributed by atoms with E-state index in [9.17, 15) is 4.79 Å². The lowest BCUT2D eigenvalue weighted by Gasteiger charge is -2.05. The second-order valence-corrected chi connectivity index (χ2v) is 2.88. The maximum atomic E-state index is 10.7. The Balaban J connectivity index is 2.48. The number of methoxy groups -OCH3 is 1. The first kappa shape index (κ1) is 9.39. The van der Waals surface area contributed by atoms with E-state index in [2.05, 4.69) is 10.2 Å². The minimum absolute atomic E-state index is 0.267. The van der Waals surface area contributed by atoms with Gasteiger partial charge in [-0.05, 0) is 12.1 Å². The molecule has 0 saturated heterocycles. The van der Waals surface area contributed by atoms with E-state index < -0.39 is 0 Å². The molecule has 0 saturated carbocycles. The lowest BCUT2D eigenvalue weighted by atomic mass is 10.3. The highest BCUT2D eigenvalue weighted by molar-refractivity contribution is 5.70. The molecule has 0 unspecified atom stereocenters. The second-order valence-electron chi connectivity index (χ2n) is 2.88. The van der Waals surface area contributed by atoms with Crippen LogP contribution in [-0.2, 0) is 0 Å². The Morgan fingerprint density at radius 2 is 2.33 bits per heavy atom. The van der Waals surface area contributed by atoms with Crippen molar-refractivity contribution >= 4 is 6.29 Å². The predicted molar refractivity (Wildman–Crippen MR) is 53.3 cm³/mol. The number of hydrogen-bond acceptors (Lipinski definition) is 4. The Morgan fingerprint density at radius 3 is 3.07 bits per heavy atom. The van der Waals surface area contributed by atoms with Crippen molar-refractivity contribution in [3.8, 4) is 11.4 Å². The lowest BCUT2D eigenvalue weighted by Crippen LogP contribution is -1.98. The van der Waals surface area contributed by atoms with Gasteiger partial charge in [0.05, 0.1) is 12.8 Å². The molecule has 0 bridgehead atoms. The number of hydrogen-bond donors (Lipinski definition) is 0. The molecule has 0 atom stereocenters. The topological polar surface area (TPSA) is 57.0 Å². The van der Waals surface area contributed by atoms with Gasteiger partial charge in [-0.1, -0.05) is 6.07 Å². The summed E-state index contributed by atoms with van der Waals surface area (Å²) in [6, 6.07) is 7.31. The molecule has 2 aromatic rings. The normalized spacial score (nSPS) is 9.93. The van der Waals surface area contributed by atoms with Crippen LogP contribution in [0.5, 0.6) is 5.75 Å². The molecule has 0 radical (unpaired) electrons. The number of aromatic nitrogens is 3. The zero-order chi connectivity index (χ0) is 10.7. The van der Waals surface area contributed by atoms with Crippen LogP contribution < -0.4 is 4.74 Å². The van der Waals surface area contributed by atoms with Gasteiger partial charge in [-0.25, -0.2) is 0 Å². The Bertz CT molecular complexity index is 479. The van der Waals surface area contributed by atoms with Gasteiger partial charge < -0.3 is 4.74 Å². The van der Waals surface area contributed by atoms with Crippen molar-refractivity contribution in [2.24, 2.45) is 0 Å². The lowest BCUT2D eigenvalue weighted by molar-refractivity contribution is 0.111. The monoisotopic (exact) mass is 203 g/mol. The summed E-state index contributed by atoms with van der Waals surface area (Å²) in [7, 11) is 1.59. The highest BCUT2D eigenvalue weighted by atomic mass is 16.5. The van der Waals surface area contributed by atoms with Crippen molar-refractivity contribution in [3.63, 3.8) is 0 Å². The standard InChI is InChI=1S/C10H9N3O2/c1-15-9-4-2-3-8(5-9)13-7-11-12-10(13)6-14/h2-7H,1H3. The van der Waals surface area contributed by atoms with Crippen LogP contribution in [0.4, 0.5) is 0 Å². The van der Waals surface area contributed by atoms with Crippen LogP contribution in [0.25, 0.3) is 5.69 Å². The fraction of sp³-hybridized carbons (Fsp3) is 0.100. The number of nitrogens with zero attached hydrogens (tertiary/aromatic N) is 3. The van der Waals surface area contributed by atoms with Crippen LogP contribution >= 0.6 is 0 Å². The van der Waals surface area contributed by atoms with Gasteiger partial charge in [0, 0.05) is 6.07 Å². The van der Waals surface area contributed by atoms with Crippen molar-refractivity contribution in [2.45, 2.75) is 0 Å². The first-order valence-corrected chi connectivity index (χ1v) is 4.35. The summed E-state index contributed by atoms with van der Waals surface area (Å²) in [6.45, 7) is 0. The third kappa shape index (κ3) is 1.71. The summed E-state index contributed by atoms with van der Waals surface area (Å²) < 4.78 is 6.68. The van der Waals surface area contributed by atoms with Crippen LogP contribution in [0.15, 0.2) is 30.6 Å². The van der Waals surface area contributed by atoms with Crippen molar-refractivity contribution in [1.82, 2.24) is 14.8 Å². The number of benzene rings is 1. The molecule has 0 aliphatic carbocycles. The Labute approximate surface area is 86.3 Å². The van der Waals surface area contributed by atoms with E-state index in [1.54, 1.807) is 17.7 Å².